The molecule has 0 bridgehead atoms. The predicted octanol–water partition coefficient (Wildman–Crippen LogP) is 3.14. The highest BCUT2D eigenvalue weighted by Crippen LogP contribution is 2.24. The number of hydrogen-bond acceptors (Lipinski definition) is 4. The molecule has 1 unspecified atom stereocenters. The van der Waals surface area contributed by atoms with Crippen molar-refractivity contribution < 1.29 is 0 Å². The average Bonchev–Trinajstić information content (AvgIpc) is 2.39. The van der Waals surface area contributed by atoms with E-state index in [0.717, 1.165) is 22.6 Å². The van der Waals surface area contributed by atoms with Crippen LogP contribution in [0.4, 0.5) is 5.69 Å². The Bertz CT molecular complexity index is 614. The maximum absolute atomic E-state index is 9.23. The number of aryl methyl sites for hydroxylation is 2. The molecule has 19 heavy (non-hydrogen) atoms. The molecule has 0 fully saturated rings. The van der Waals surface area contributed by atoms with Crippen LogP contribution in [0.1, 0.15) is 35.5 Å². The standard InChI is InChI=1S/C15H16N4/c1-10-8-15(14(9-16)12(3)18-10)19-11(2)13-4-6-17-7-5-13/h4-8,11H,1-3H3,(H,18,19). The van der Waals surface area contributed by atoms with Gasteiger partial charge in [-0.05, 0) is 44.5 Å². The largest absolute Gasteiger partial charge is 0.377 e. The van der Waals surface area contributed by atoms with E-state index in [-0.39, 0.29) is 6.04 Å². The quantitative estimate of drug-likeness (QED) is 0.911. The zero-order chi connectivity index (χ0) is 13.8. The number of anilines is 1. The van der Waals surface area contributed by atoms with Crippen molar-refractivity contribution in [1.29, 1.82) is 5.26 Å². The number of pyridine rings is 2. The van der Waals surface area contributed by atoms with Gasteiger partial charge in [0.15, 0.2) is 0 Å². The summed E-state index contributed by atoms with van der Waals surface area (Å²) < 4.78 is 0. The van der Waals surface area contributed by atoms with Gasteiger partial charge in [-0.15, -0.1) is 0 Å². The molecule has 0 saturated carbocycles. The van der Waals surface area contributed by atoms with Crippen LogP contribution in [-0.2, 0) is 0 Å². The van der Waals surface area contributed by atoms with Crippen LogP contribution in [0.3, 0.4) is 0 Å². The zero-order valence-corrected chi connectivity index (χ0v) is 11.3. The van der Waals surface area contributed by atoms with Crippen molar-refractivity contribution in [3.8, 4) is 6.07 Å². The number of rotatable bonds is 3. The molecule has 0 aliphatic rings. The highest BCUT2D eigenvalue weighted by atomic mass is 14.9. The minimum atomic E-state index is 0.108. The third kappa shape index (κ3) is 2.89. The second-order valence-corrected chi connectivity index (χ2v) is 4.53. The highest BCUT2D eigenvalue weighted by molar-refractivity contribution is 5.60. The lowest BCUT2D eigenvalue weighted by atomic mass is 10.1. The zero-order valence-electron chi connectivity index (χ0n) is 11.3. The summed E-state index contributed by atoms with van der Waals surface area (Å²) >= 11 is 0. The lowest BCUT2D eigenvalue weighted by Gasteiger charge is -2.17. The third-order valence-electron chi connectivity index (χ3n) is 3.02. The van der Waals surface area contributed by atoms with E-state index >= 15 is 0 Å². The van der Waals surface area contributed by atoms with E-state index in [9.17, 15) is 5.26 Å². The molecule has 0 spiro atoms. The van der Waals surface area contributed by atoms with Crippen molar-refractivity contribution in [2.45, 2.75) is 26.8 Å². The van der Waals surface area contributed by atoms with Crippen LogP contribution < -0.4 is 5.32 Å². The van der Waals surface area contributed by atoms with E-state index in [4.69, 9.17) is 0 Å². The van der Waals surface area contributed by atoms with E-state index in [1.807, 2.05) is 32.0 Å². The fourth-order valence-electron chi connectivity index (χ4n) is 2.05. The molecule has 0 amide bonds. The number of nitriles is 1. The van der Waals surface area contributed by atoms with Gasteiger partial charge in [-0.25, -0.2) is 0 Å². The minimum absolute atomic E-state index is 0.108. The fraction of sp³-hybridized carbons (Fsp3) is 0.267. The molecule has 96 valence electrons. The summed E-state index contributed by atoms with van der Waals surface area (Å²) in [6, 6.07) is 8.15. The Balaban J connectivity index is 2.32. The van der Waals surface area contributed by atoms with Gasteiger partial charge in [-0.1, -0.05) is 0 Å². The second-order valence-electron chi connectivity index (χ2n) is 4.53. The summed E-state index contributed by atoms with van der Waals surface area (Å²) in [4.78, 5) is 8.32. The molecule has 1 atom stereocenters. The van der Waals surface area contributed by atoms with Crippen LogP contribution in [0.2, 0.25) is 0 Å². The molecule has 4 nitrogen and oxygen atoms in total. The Labute approximate surface area is 113 Å². The van der Waals surface area contributed by atoms with Gasteiger partial charge in [0.25, 0.3) is 0 Å². The molecular weight excluding hydrogens is 236 g/mol. The Kier molecular flexibility index (Phi) is 3.76. The van der Waals surface area contributed by atoms with Crippen LogP contribution >= 0.6 is 0 Å². The number of hydrogen-bond donors (Lipinski definition) is 1. The average molecular weight is 252 g/mol. The Morgan fingerprint density at radius 3 is 2.58 bits per heavy atom. The Morgan fingerprint density at radius 1 is 1.26 bits per heavy atom. The van der Waals surface area contributed by atoms with Gasteiger partial charge < -0.3 is 5.32 Å². The van der Waals surface area contributed by atoms with Crippen molar-refractivity contribution in [3.05, 3.63) is 53.1 Å². The van der Waals surface area contributed by atoms with E-state index in [1.165, 1.54) is 0 Å². The SMILES string of the molecule is Cc1cc(NC(C)c2ccncc2)c(C#N)c(C)n1. The molecule has 2 rings (SSSR count). The van der Waals surface area contributed by atoms with Gasteiger partial charge >= 0.3 is 0 Å². The van der Waals surface area contributed by atoms with Crippen molar-refractivity contribution in [1.82, 2.24) is 9.97 Å². The van der Waals surface area contributed by atoms with Crippen LogP contribution in [0.5, 0.6) is 0 Å². The molecule has 0 saturated heterocycles. The van der Waals surface area contributed by atoms with Crippen LogP contribution in [-0.4, -0.2) is 9.97 Å². The second kappa shape index (κ2) is 5.49. The molecule has 0 aromatic carbocycles. The monoisotopic (exact) mass is 252 g/mol. The summed E-state index contributed by atoms with van der Waals surface area (Å²) in [6.07, 6.45) is 3.53. The maximum atomic E-state index is 9.23. The van der Waals surface area contributed by atoms with Gasteiger partial charge in [0.1, 0.15) is 6.07 Å². The first-order valence-electron chi connectivity index (χ1n) is 6.16. The molecule has 0 aliphatic carbocycles. The molecule has 2 aromatic rings. The first-order valence-corrected chi connectivity index (χ1v) is 6.16. The van der Waals surface area contributed by atoms with E-state index in [0.29, 0.717) is 5.56 Å². The Hall–Kier alpha value is -2.41. The molecule has 2 heterocycles. The fourth-order valence-corrected chi connectivity index (χ4v) is 2.05. The van der Waals surface area contributed by atoms with Crippen molar-refractivity contribution in [2.24, 2.45) is 0 Å². The molecule has 2 aromatic heterocycles. The third-order valence-corrected chi connectivity index (χ3v) is 3.02. The lowest BCUT2D eigenvalue weighted by molar-refractivity contribution is 0.877. The normalized spacial score (nSPS) is 11.7. The van der Waals surface area contributed by atoms with E-state index in [1.54, 1.807) is 12.4 Å². The van der Waals surface area contributed by atoms with Gasteiger partial charge in [0, 0.05) is 24.1 Å². The summed E-state index contributed by atoms with van der Waals surface area (Å²) in [6.45, 7) is 5.84. The number of aromatic nitrogens is 2. The summed E-state index contributed by atoms with van der Waals surface area (Å²) in [5.41, 5.74) is 4.22. The van der Waals surface area contributed by atoms with Crippen molar-refractivity contribution in [3.63, 3.8) is 0 Å². The van der Waals surface area contributed by atoms with E-state index in [2.05, 4.69) is 28.3 Å². The first-order chi connectivity index (χ1) is 9.11. The van der Waals surface area contributed by atoms with Gasteiger partial charge in [0.05, 0.1) is 16.9 Å². The van der Waals surface area contributed by atoms with Gasteiger partial charge in [-0.3, -0.25) is 9.97 Å². The topological polar surface area (TPSA) is 61.6 Å². The van der Waals surface area contributed by atoms with Gasteiger partial charge in [0.2, 0.25) is 0 Å². The number of nitrogens with zero attached hydrogens (tertiary/aromatic N) is 3. The molecule has 0 aliphatic heterocycles. The van der Waals surface area contributed by atoms with Crippen molar-refractivity contribution >= 4 is 5.69 Å². The predicted molar refractivity (Wildman–Crippen MR) is 74.7 cm³/mol. The minimum Gasteiger partial charge on any atom is -0.377 e. The summed E-state index contributed by atoms with van der Waals surface area (Å²) in [5, 5.41) is 12.6. The van der Waals surface area contributed by atoms with Crippen molar-refractivity contribution in [2.75, 3.05) is 5.32 Å². The van der Waals surface area contributed by atoms with Crippen LogP contribution in [0, 0.1) is 25.2 Å². The van der Waals surface area contributed by atoms with E-state index < -0.39 is 0 Å². The molecular formula is C15H16N4. The van der Waals surface area contributed by atoms with Crippen LogP contribution in [0.25, 0.3) is 0 Å². The maximum Gasteiger partial charge on any atom is 0.103 e. The summed E-state index contributed by atoms with van der Waals surface area (Å²) in [7, 11) is 0. The molecule has 1 N–H and O–H groups in total. The highest BCUT2D eigenvalue weighted by Gasteiger charge is 2.11. The molecule has 0 radical (unpaired) electrons. The van der Waals surface area contributed by atoms with Crippen LogP contribution in [0.15, 0.2) is 30.6 Å². The van der Waals surface area contributed by atoms with Gasteiger partial charge in [-0.2, -0.15) is 5.26 Å². The smallest absolute Gasteiger partial charge is 0.103 e. The molecule has 4 heteroatoms. The summed E-state index contributed by atoms with van der Waals surface area (Å²) in [5.74, 6) is 0. The first kappa shape index (κ1) is 13.0. The lowest BCUT2D eigenvalue weighted by Crippen LogP contribution is -2.09. The number of nitrogens with one attached hydrogen (secondary N) is 1. The Morgan fingerprint density at radius 2 is 1.95 bits per heavy atom.